The molecule has 142 valence electrons. The molecule has 24 heavy (non-hydrogen) atoms. The molecule has 0 spiro atoms. The molecule has 0 atom stereocenters. The minimum Gasteiger partial charge on any atom is -0.382 e. The molecule has 0 aliphatic carbocycles. The third-order valence-corrected chi connectivity index (χ3v) is 4.18. The molecule has 2 amide bonds. The minimum absolute atomic E-state index is 0.00609. The van der Waals surface area contributed by atoms with E-state index in [0.29, 0.717) is 58.7 Å². The van der Waals surface area contributed by atoms with E-state index in [1.54, 1.807) is 0 Å². The zero-order chi connectivity index (χ0) is 18.3. The molecule has 0 heterocycles. The van der Waals surface area contributed by atoms with Crippen molar-refractivity contribution in [1.82, 2.24) is 10.6 Å². The molecule has 0 rings (SSSR count). The van der Waals surface area contributed by atoms with E-state index >= 15 is 0 Å². The largest absolute Gasteiger partial charge is 0.382 e. The monoisotopic (exact) mass is 344 g/mol. The molecular weight excluding hydrogens is 308 g/mol. The summed E-state index contributed by atoms with van der Waals surface area (Å²) in [5.74, 6) is 0.0237. The Morgan fingerprint density at radius 2 is 1.33 bits per heavy atom. The van der Waals surface area contributed by atoms with Crippen molar-refractivity contribution in [2.24, 2.45) is 0 Å². The van der Waals surface area contributed by atoms with E-state index in [9.17, 15) is 9.59 Å². The third-order valence-electron chi connectivity index (χ3n) is 4.18. The molecule has 2 N–H and O–H groups in total. The maximum Gasteiger partial charge on any atom is 0.220 e. The first-order valence-corrected chi connectivity index (χ1v) is 9.26. The fourth-order valence-corrected chi connectivity index (χ4v) is 2.39. The molecular formula is C18H36N2O4. The summed E-state index contributed by atoms with van der Waals surface area (Å²) >= 11 is 0. The van der Waals surface area contributed by atoms with Crippen molar-refractivity contribution >= 4 is 11.8 Å². The lowest BCUT2D eigenvalue weighted by Crippen LogP contribution is -2.55. The van der Waals surface area contributed by atoms with Gasteiger partial charge in [-0.3, -0.25) is 9.59 Å². The molecule has 0 aromatic heterocycles. The Balaban J connectivity index is 4.23. The van der Waals surface area contributed by atoms with Gasteiger partial charge in [0.05, 0.1) is 5.54 Å². The highest BCUT2D eigenvalue weighted by atomic mass is 16.5. The summed E-state index contributed by atoms with van der Waals surface area (Å²) in [4.78, 5) is 24.1. The lowest BCUT2D eigenvalue weighted by Gasteiger charge is -2.33. The van der Waals surface area contributed by atoms with Crippen LogP contribution in [0, 0.1) is 0 Å². The van der Waals surface area contributed by atoms with Gasteiger partial charge in [-0.2, -0.15) is 0 Å². The molecule has 0 bridgehead atoms. The zero-order valence-corrected chi connectivity index (χ0v) is 15.9. The van der Waals surface area contributed by atoms with E-state index in [0.717, 1.165) is 12.8 Å². The number of ether oxygens (including phenoxy) is 2. The molecule has 6 heteroatoms. The summed E-state index contributed by atoms with van der Waals surface area (Å²) in [6, 6.07) is 0. The molecule has 0 saturated heterocycles. The van der Waals surface area contributed by atoms with Crippen LogP contribution in [-0.4, -0.2) is 50.3 Å². The SMILES string of the molecule is CCOCCCC(=O)NCC(CC)(CC)NC(=O)CCCOCC. The number of hydrogen-bond acceptors (Lipinski definition) is 4. The molecule has 0 aromatic carbocycles. The first kappa shape index (κ1) is 22.9. The van der Waals surface area contributed by atoms with Crippen LogP contribution in [0.25, 0.3) is 0 Å². The molecule has 0 aliphatic heterocycles. The Kier molecular flexibility index (Phi) is 13.5. The Bertz CT molecular complexity index is 344. The Hall–Kier alpha value is -1.14. The molecule has 0 fully saturated rings. The van der Waals surface area contributed by atoms with Crippen molar-refractivity contribution in [1.29, 1.82) is 0 Å². The van der Waals surface area contributed by atoms with Crippen LogP contribution in [0.4, 0.5) is 0 Å². The molecule has 6 nitrogen and oxygen atoms in total. The van der Waals surface area contributed by atoms with Crippen LogP contribution in [0.1, 0.15) is 66.2 Å². The number of carbonyl (C=O) groups excluding carboxylic acids is 2. The van der Waals surface area contributed by atoms with E-state index in [-0.39, 0.29) is 17.4 Å². The van der Waals surface area contributed by atoms with Crippen molar-refractivity contribution in [3.8, 4) is 0 Å². The van der Waals surface area contributed by atoms with Gasteiger partial charge < -0.3 is 20.1 Å². The molecule has 0 aliphatic rings. The van der Waals surface area contributed by atoms with Crippen LogP contribution in [0.3, 0.4) is 0 Å². The second kappa shape index (κ2) is 14.2. The zero-order valence-electron chi connectivity index (χ0n) is 15.9. The van der Waals surface area contributed by atoms with Crippen molar-refractivity contribution < 1.29 is 19.1 Å². The lowest BCUT2D eigenvalue weighted by atomic mass is 9.92. The number of rotatable bonds is 15. The highest BCUT2D eigenvalue weighted by molar-refractivity contribution is 5.78. The molecule has 0 radical (unpaired) electrons. The van der Waals surface area contributed by atoms with Gasteiger partial charge >= 0.3 is 0 Å². The predicted octanol–water partition coefficient (Wildman–Crippen LogP) is 2.41. The van der Waals surface area contributed by atoms with Crippen LogP contribution in [0.15, 0.2) is 0 Å². The average Bonchev–Trinajstić information content (AvgIpc) is 2.59. The molecule has 0 saturated carbocycles. The summed E-state index contributed by atoms with van der Waals surface area (Å²) < 4.78 is 10.5. The second-order valence-electron chi connectivity index (χ2n) is 5.91. The van der Waals surface area contributed by atoms with Crippen LogP contribution < -0.4 is 10.6 Å². The van der Waals surface area contributed by atoms with E-state index in [1.165, 1.54) is 0 Å². The maximum absolute atomic E-state index is 12.1. The number of nitrogens with one attached hydrogen (secondary N) is 2. The average molecular weight is 344 g/mol. The van der Waals surface area contributed by atoms with Crippen molar-refractivity contribution in [3.05, 3.63) is 0 Å². The van der Waals surface area contributed by atoms with Gasteiger partial charge in [0.2, 0.25) is 11.8 Å². The highest BCUT2D eigenvalue weighted by Crippen LogP contribution is 2.15. The first-order chi connectivity index (χ1) is 11.5. The van der Waals surface area contributed by atoms with E-state index in [2.05, 4.69) is 10.6 Å². The van der Waals surface area contributed by atoms with Gasteiger partial charge in [0.1, 0.15) is 0 Å². The van der Waals surface area contributed by atoms with E-state index in [4.69, 9.17) is 9.47 Å². The standard InChI is InChI=1S/C18H36N2O4/c1-5-18(6-2,20-17(22)12-10-14-24-8-4)15-19-16(21)11-9-13-23-7-3/h5-15H2,1-4H3,(H,19,21)(H,20,22). The van der Waals surface area contributed by atoms with Crippen molar-refractivity contribution in [2.45, 2.75) is 71.8 Å². The van der Waals surface area contributed by atoms with Gasteiger partial charge in [0.15, 0.2) is 0 Å². The van der Waals surface area contributed by atoms with Gasteiger partial charge in [-0.25, -0.2) is 0 Å². The van der Waals surface area contributed by atoms with Gasteiger partial charge in [0, 0.05) is 45.8 Å². The summed E-state index contributed by atoms with van der Waals surface area (Å²) in [6.45, 7) is 11.0. The Morgan fingerprint density at radius 3 is 1.79 bits per heavy atom. The van der Waals surface area contributed by atoms with Gasteiger partial charge in [-0.05, 0) is 39.5 Å². The fraction of sp³-hybridized carbons (Fsp3) is 0.889. The first-order valence-electron chi connectivity index (χ1n) is 9.26. The maximum atomic E-state index is 12.1. The smallest absolute Gasteiger partial charge is 0.220 e. The van der Waals surface area contributed by atoms with E-state index < -0.39 is 0 Å². The number of carbonyl (C=O) groups is 2. The van der Waals surface area contributed by atoms with Crippen LogP contribution in [0.2, 0.25) is 0 Å². The fourth-order valence-electron chi connectivity index (χ4n) is 2.39. The Labute approximate surface area is 147 Å². The van der Waals surface area contributed by atoms with Crippen molar-refractivity contribution in [3.63, 3.8) is 0 Å². The minimum atomic E-state index is -0.377. The van der Waals surface area contributed by atoms with Crippen LogP contribution >= 0.6 is 0 Å². The topological polar surface area (TPSA) is 76.7 Å². The van der Waals surface area contributed by atoms with E-state index in [1.807, 2.05) is 27.7 Å². The third kappa shape index (κ3) is 10.6. The Morgan fingerprint density at radius 1 is 0.833 bits per heavy atom. The summed E-state index contributed by atoms with van der Waals surface area (Å²) in [6.07, 6.45) is 3.89. The second-order valence-corrected chi connectivity index (χ2v) is 5.91. The quantitative estimate of drug-likeness (QED) is 0.447. The lowest BCUT2D eigenvalue weighted by molar-refractivity contribution is -0.125. The number of hydrogen-bond donors (Lipinski definition) is 2. The van der Waals surface area contributed by atoms with Gasteiger partial charge in [0.25, 0.3) is 0 Å². The number of amides is 2. The summed E-state index contributed by atoms with van der Waals surface area (Å²) in [7, 11) is 0. The molecule has 0 unspecified atom stereocenters. The highest BCUT2D eigenvalue weighted by Gasteiger charge is 2.28. The predicted molar refractivity (Wildman–Crippen MR) is 95.9 cm³/mol. The van der Waals surface area contributed by atoms with Gasteiger partial charge in [-0.15, -0.1) is 0 Å². The molecule has 0 aromatic rings. The van der Waals surface area contributed by atoms with Crippen LogP contribution in [0.5, 0.6) is 0 Å². The van der Waals surface area contributed by atoms with Crippen molar-refractivity contribution in [2.75, 3.05) is 33.0 Å². The van der Waals surface area contributed by atoms with Gasteiger partial charge in [-0.1, -0.05) is 13.8 Å². The summed E-state index contributed by atoms with van der Waals surface area (Å²) in [5.41, 5.74) is -0.377. The normalized spacial score (nSPS) is 11.3. The summed E-state index contributed by atoms with van der Waals surface area (Å²) in [5, 5.41) is 6.05. The van der Waals surface area contributed by atoms with Crippen LogP contribution in [-0.2, 0) is 19.1 Å².